The molecule has 1 atom stereocenters. The highest BCUT2D eigenvalue weighted by Gasteiger charge is 2.20. The van der Waals surface area contributed by atoms with Gasteiger partial charge in [0, 0.05) is 11.1 Å². The lowest BCUT2D eigenvalue weighted by molar-refractivity contribution is -0.0424. The molecular formula is C21H35NO3. The summed E-state index contributed by atoms with van der Waals surface area (Å²) < 4.78 is 11.8. The average molecular weight is 350 g/mol. The van der Waals surface area contributed by atoms with Crippen molar-refractivity contribution in [3.05, 3.63) is 29.8 Å². The number of hydrogen-bond acceptors (Lipinski definition) is 3. The van der Waals surface area contributed by atoms with Crippen LogP contribution in [0.15, 0.2) is 24.3 Å². The predicted octanol–water partition coefficient (Wildman–Crippen LogP) is 4.97. The van der Waals surface area contributed by atoms with E-state index >= 15 is 0 Å². The van der Waals surface area contributed by atoms with Crippen molar-refractivity contribution in [2.24, 2.45) is 0 Å². The Bertz CT molecular complexity index is 529. The first kappa shape index (κ1) is 21.5. The molecule has 0 saturated heterocycles. The molecule has 1 N–H and O–H groups in total. The van der Waals surface area contributed by atoms with Gasteiger partial charge in [-0.25, -0.2) is 0 Å². The van der Waals surface area contributed by atoms with Gasteiger partial charge in [0.15, 0.2) is 0 Å². The second-order valence-corrected chi connectivity index (χ2v) is 8.18. The number of ether oxygens (including phenoxy) is 2. The molecule has 1 aromatic rings. The van der Waals surface area contributed by atoms with E-state index in [0.717, 1.165) is 25.0 Å². The monoisotopic (exact) mass is 349 g/mol. The lowest BCUT2D eigenvalue weighted by Crippen LogP contribution is -2.43. The van der Waals surface area contributed by atoms with Gasteiger partial charge in [-0.1, -0.05) is 20.3 Å². The van der Waals surface area contributed by atoms with Gasteiger partial charge in [0.25, 0.3) is 5.91 Å². The van der Waals surface area contributed by atoms with Crippen molar-refractivity contribution in [2.45, 2.75) is 85.0 Å². The summed E-state index contributed by atoms with van der Waals surface area (Å²) in [6.45, 7) is 14.9. The number of rotatable bonds is 9. The van der Waals surface area contributed by atoms with Crippen molar-refractivity contribution >= 4 is 5.91 Å². The molecule has 0 aliphatic rings. The van der Waals surface area contributed by atoms with E-state index in [-0.39, 0.29) is 23.2 Å². The van der Waals surface area contributed by atoms with E-state index in [0.29, 0.717) is 12.2 Å². The van der Waals surface area contributed by atoms with Gasteiger partial charge in [-0.2, -0.15) is 0 Å². The molecule has 1 aromatic carbocycles. The molecular weight excluding hydrogens is 314 g/mol. The minimum absolute atomic E-state index is 0.00221. The predicted molar refractivity (Wildman–Crippen MR) is 103 cm³/mol. The van der Waals surface area contributed by atoms with Gasteiger partial charge >= 0.3 is 0 Å². The first-order valence-electron chi connectivity index (χ1n) is 9.29. The largest absolute Gasteiger partial charge is 0.488 e. The maximum absolute atomic E-state index is 12.4. The van der Waals surface area contributed by atoms with Crippen LogP contribution in [0, 0.1) is 0 Å². The topological polar surface area (TPSA) is 47.6 Å². The quantitative estimate of drug-likeness (QED) is 0.685. The number of benzene rings is 1. The van der Waals surface area contributed by atoms with Crippen LogP contribution in [0.4, 0.5) is 0 Å². The fourth-order valence-electron chi connectivity index (χ4n) is 2.52. The number of hydrogen-bond donors (Lipinski definition) is 1. The second-order valence-electron chi connectivity index (χ2n) is 8.18. The Morgan fingerprint density at radius 2 is 1.68 bits per heavy atom. The first-order valence-corrected chi connectivity index (χ1v) is 9.29. The van der Waals surface area contributed by atoms with Crippen LogP contribution in [0.25, 0.3) is 0 Å². The molecule has 0 radical (unpaired) electrons. The molecule has 1 amide bonds. The Balaban J connectivity index is 2.64. The van der Waals surface area contributed by atoms with Crippen LogP contribution in [-0.4, -0.2) is 29.8 Å². The summed E-state index contributed by atoms with van der Waals surface area (Å²) in [7, 11) is 0. The maximum atomic E-state index is 12.4. The molecule has 0 fully saturated rings. The van der Waals surface area contributed by atoms with Crippen LogP contribution in [0.2, 0.25) is 0 Å². The highest BCUT2D eigenvalue weighted by molar-refractivity contribution is 5.94. The molecule has 0 heterocycles. The standard InChI is InChI=1S/C21H35NO3/c1-8-14-21(6,7)22-19(23)16-10-12-18(13-11-16)25-17(9-2)15-24-20(3,4)5/h10-13,17H,8-9,14-15H2,1-7H3,(H,22,23). The van der Waals surface area contributed by atoms with Crippen molar-refractivity contribution in [3.8, 4) is 5.75 Å². The van der Waals surface area contributed by atoms with Gasteiger partial charge in [0.05, 0.1) is 12.2 Å². The third-order valence-electron chi connectivity index (χ3n) is 3.90. The summed E-state index contributed by atoms with van der Waals surface area (Å²) >= 11 is 0. The average Bonchev–Trinajstić information content (AvgIpc) is 2.50. The van der Waals surface area contributed by atoms with E-state index < -0.39 is 0 Å². The highest BCUT2D eigenvalue weighted by atomic mass is 16.5. The highest BCUT2D eigenvalue weighted by Crippen LogP contribution is 2.18. The fraction of sp³-hybridized carbons (Fsp3) is 0.667. The summed E-state index contributed by atoms with van der Waals surface area (Å²) in [5.41, 5.74) is 0.276. The summed E-state index contributed by atoms with van der Waals surface area (Å²) in [6, 6.07) is 7.32. The molecule has 1 unspecified atom stereocenters. The van der Waals surface area contributed by atoms with Crippen LogP contribution in [0.1, 0.15) is 78.1 Å². The third-order valence-corrected chi connectivity index (χ3v) is 3.90. The molecule has 0 bridgehead atoms. The van der Waals surface area contributed by atoms with E-state index in [1.165, 1.54) is 0 Å². The van der Waals surface area contributed by atoms with Gasteiger partial charge in [-0.15, -0.1) is 0 Å². The molecule has 25 heavy (non-hydrogen) atoms. The maximum Gasteiger partial charge on any atom is 0.251 e. The van der Waals surface area contributed by atoms with Gasteiger partial charge in [-0.3, -0.25) is 4.79 Å². The van der Waals surface area contributed by atoms with Gasteiger partial charge in [0.1, 0.15) is 11.9 Å². The van der Waals surface area contributed by atoms with E-state index in [2.05, 4.69) is 19.2 Å². The summed E-state index contributed by atoms with van der Waals surface area (Å²) in [5.74, 6) is 0.710. The molecule has 0 saturated carbocycles. The molecule has 4 nitrogen and oxygen atoms in total. The van der Waals surface area contributed by atoms with Crippen LogP contribution < -0.4 is 10.1 Å². The first-order chi connectivity index (χ1) is 11.6. The van der Waals surface area contributed by atoms with E-state index in [1.54, 1.807) is 0 Å². The summed E-state index contributed by atoms with van der Waals surface area (Å²) in [6.07, 6.45) is 2.85. The van der Waals surface area contributed by atoms with Gasteiger partial charge in [-0.05, 0) is 71.7 Å². The lowest BCUT2D eigenvalue weighted by atomic mass is 9.98. The molecule has 142 valence electrons. The second kappa shape index (κ2) is 9.23. The normalized spacial score (nSPS) is 13.4. The minimum Gasteiger partial charge on any atom is -0.488 e. The third kappa shape index (κ3) is 8.39. The van der Waals surface area contributed by atoms with E-state index in [1.807, 2.05) is 58.9 Å². The zero-order chi connectivity index (χ0) is 19.1. The Labute approximate surface area is 153 Å². The molecule has 0 aliphatic carbocycles. The van der Waals surface area contributed by atoms with Crippen molar-refractivity contribution in [1.29, 1.82) is 0 Å². The van der Waals surface area contributed by atoms with Crippen LogP contribution in [0.5, 0.6) is 5.75 Å². The summed E-state index contributed by atoms with van der Waals surface area (Å²) in [4.78, 5) is 12.4. The van der Waals surface area contributed by atoms with Crippen molar-refractivity contribution in [1.82, 2.24) is 5.32 Å². The SMILES string of the molecule is CCCC(C)(C)NC(=O)c1ccc(OC(CC)COC(C)(C)C)cc1. The lowest BCUT2D eigenvalue weighted by Gasteiger charge is -2.26. The minimum atomic E-state index is -0.196. The van der Waals surface area contributed by atoms with Crippen molar-refractivity contribution in [2.75, 3.05) is 6.61 Å². The van der Waals surface area contributed by atoms with Crippen LogP contribution >= 0.6 is 0 Å². The fourth-order valence-corrected chi connectivity index (χ4v) is 2.52. The molecule has 0 aliphatic heterocycles. The Morgan fingerprint density at radius 3 is 2.16 bits per heavy atom. The Hall–Kier alpha value is -1.55. The summed E-state index contributed by atoms with van der Waals surface area (Å²) in [5, 5.41) is 3.08. The molecule has 4 heteroatoms. The Kier molecular flexibility index (Phi) is 7.94. The number of carbonyl (C=O) groups is 1. The number of nitrogens with one attached hydrogen (secondary N) is 1. The zero-order valence-corrected chi connectivity index (χ0v) is 16.9. The smallest absolute Gasteiger partial charge is 0.251 e. The van der Waals surface area contributed by atoms with Crippen molar-refractivity contribution < 1.29 is 14.3 Å². The molecule has 0 spiro atoms. The molecule has 0 aromatic heterocycles. The Morgan fingerprint density at radius 1 is 1.08 bits per heavy atom. The van der Waals surface area contributed by atoms with E-state index in [4.69, 9.17) is 9.47 Å². The van der Waals surface area contributed by atoms with Crippen LogP contribution in [0.3, 0.4) is 0 Å². The molecule has 1 rings (SSSR count). The zero-order valence-electron chi connectivity index (χ0n) is 16.9. The van der Waals surface area contributed by atoms with Crippen LogP contribution in [-0.2, 0) is 4.74 Å². The van der Waals surface area contributed by atoms with Crippen molar-refractivity contribution in [3.63, 3.8) is 0 Å². The van der Waals surface area contributed by atoms with Gasteiger partial charge < -0.3 is 14.8 Å². The van der Waals surface area contributed by atoms with E-state index in [9.17, 15) is 4.79 Å². The number of amides is 1. The number of carbonyl (C=O) groups excluding carboxylic acids is 1. The van der Waals surface area contributed by atoms with Gasteiger partial charge in [0.2, 0.25) is 0 Å².